The Bertz CT molecular complexity index is 120. The predicted octanol–water partition coefficient (Wildman–Crippen LogP) is 3.38. The van der Waals surface area contributed by atoms with Crippen LogP contribution in [0.5, 0.6) is 0 Å². The van der Waals surface area contributed by atoms with Gasteiger partial charge in [0.15, 0.2) is 0 Å². The summed E-state index contributed by atoms with van der Waals surface area (Å²) in [5.41, 5.74) is 0. The van der Waals surface area contributed by atoms with Crippen molar-refractivity contribution in [3.05, 3.63) is 0 Å². The van der Waals surface area contributed by atoms with Gasteiger partial charge in [-0.25, -0.2) is 0 Å². The van der Waals surface area contributed by atoms with Crippen molar-refractivity contribution in [1.82, 2.24) is 0 Å². The molecule has 3 heteroatoms. The third kappa shape index (κ3) is 12.1. The molecule has 1 N–H and O–H groups in total. The van der Waals surface area contributed by atoms with Crippen molar-refractivity contribution < 1.29 is 9.22 Å². The van der Waals surface area contributed by atoms with Crippen LogP contribution in [-0.2, 0) is 4.43 Å². The second-order valence-electron chi connectivity index (χ2n) is 4.31. The molecule has 2 nitrogen and oxygen atoms in total. The van der Waals surface area contributed by atoms with Gasteiger partial charge in [0.1, 0.15) is 0 Å². The van der Waals surface area contributed by atoms with E-state index in [1.165, 1.54) is 51.4 Å². The molecular formula is C12H28O2Si. The van der Waals surface area contributed by atoms with E-state index in [0.717, 1.165) is 12.5 Å². The van der Waals surface area contributed by atoms with E-state index in [1.54, 1.807) is 7.11 Å². The van der Waals surface area contributed by atoms with Gasteiger partial charge >= 0.3 is 9.28 Å². The highest BCUT2D eigenvalue weighted by molar-refractivity contribution is 6.42. The van der Waals surface area contributed by atoms with Gasteiger partial charge in [-0.05, 0) is 6.04 Å². The van der Waals surface area contributed by atoms with Crippen molar-refractivity contribution in [2.24, 2.45) is 0 Å². The molecule has 0 fully saturated rings. The van der Waals surface area contributed by atoms with Crippen LogP contribution in [0.2, 0.25) is 6.04 Å². The molecule has 0 aromatic heterocycles. The average molecular weight is 232 g/mol. The molecule has 0 saturated carbocycles. The highest BCUT2D eigenvalue weighted by Gasteiger charge is 2.03. The fourth-order valence-electron chi connectivity index (χ4n) is 1.75. The van der Waals surface area contributed by atoms with Gasteiger partial charge < -0.3 is 9.22 Å². The maximum Gasteiger partial charge on any atom is 0.318 e. The third-order valence-electron chi connectivity index (χ3n) is 2.83. The number of rotatable bonds is 11. The quantitative estimate of drug-likeness (QED) is 0.437. The maximum absolute atomic E-state index is 9.27. The molecule has 0 aromatic carbocycles. The van der Waals surface area contributed by atoms with Crippen molar-refractivity contribution in [2.45, 2.75) is 70.8 Å². The topological polar surface area (TPSA) is 29.5 Å². The molecule has 1 atom stereocenters. The Morgan fingerprint density at radius 3 is 1.80 bits per heavy atom. The Labute approximate surface area is 96.9 Å². The van der Waals surface area contributed by atoms with Crippen LogP contribution < -0.4 is 0 Å². The number of unbranched alkanes of at least 4 members (excludes halogenated alkanes) is 8. The van der Waals surface area contributed by atoms with Crippen LogP contribution in [0.15, 0.2) is 0 Å². The Morgan fingerprint density at radius 2 is 1.33 bits per heavy atom. The minimum Gasteiger partial charge on any atom is -0.413 e. The summed E-state index contributed by atoms with van der Waals surface area (Å²) in [7, 11) is -0.140. The molecule has 1 unspecified atom stereocenters. The molecule has 0 rings (SSSR count). The second kappa shape index (κ2) is 12.2. The van der Waals surface area contributed by atoms with Crippen LogP contribution in [0.4, 0.5) is 0 Å². The lowest BCUT2D eigenvalue weighted by Gasteiger charge is -2.05. The van der Waals surface area contributed by atoms with E-state index in [4.69, 9.17) is 4.43 Å². The first-order chi connectivity index (χ1) is 7.31. The summed E-state index contributed by atoms with van der Waals surface area (Å²) in [6, 6.07) is 0.923. The lowest BCUT2D eigenvalue weighted by Crippen LogP contribution is -2.14. The lowest BCUT2D eigenvalue weighted by molar-refractivity contribution is 0.324. The molecule has 0 spiro atoms. The van der Waals surface area contributed by atoms with E-state index in [-0.39, 0.29) is 0 Å². The van der Waals surface area contributed by atoms with Gasteiger partial charge in [-0.3, -0.25) is 0 Å². The van der Waals surface area contributed by atoms with Gasteiger partial charge in [-0.15, -0.1) is 0 Å². The standard InChI is InChI=1S/C12H28O2Si/c1-3-4-5-6-7-8-9-10-11-12-15(13)14-2/h13,15H,3-12H2,1-2H3. The molecule has 92 valence electrons. The van der Waals surface area contributed by atoms with Gasteiger partial charge in [-0.2, -0.15) is 0 Å². The van der Waals surface area contributed by atoms with Gasteiger partial charge in [0.2, 0.25) is 0 Å². The molecule has 0 aliphatic carbocycles. The van der Waals surface area contributed by atoms with Crippen LogP contribution in [0.1, 0.15) is 64.7 Å². The van der Waals surface area contributed by atoms with Gasteiger partial charge in [-0.1, -0.05) is 64.7 Å². The Hall–Kier alpha value is 0.137. The predicted molar refractivity (Wildman–Crippen MR) is 68.4 cm³/mol. The van der Waals surface area contributed by atoms with Gasteiger partial charge in [0.05, 0.1) is 0 Å². The van der Waals surface area contributed by atoms with E-state index >= 15 is 0 Å². The third-order valence-corrected chi connectivity index (χ3v) is 4.27. The highest BCUT2D eigenvalue weighted by Crippen LogP contribution is 2.11. The van der Waals surface area contributed by atoms with E-state index in [1.807, 2.05) is 0 Å². The number of hydrogen-bond donors (Lipinski definition) is 1. The van der Waals surface area contributed by atoms with Gasteiger partial charge in [0.25, 0.3) is 0 Å². The number of hydrogen-bond acceptors (Lipinski definition) is 2. The summed E-state index contributed by atoms with van der Waals surface area (Å²) in [6.07, 6.45) is 12.0. The summed E-state index contributed by atoms with van der Waals surface area (Å²) >= 11 is 0. The van der Waals surface area contributed by atoms with Crippen molar-refractivity contribution in [2.75, 3.05) is 7.11 Å². The zero-order valence-electron chi connectivity index (χ0n) is 10.5. The van der Waals surface area contributed by atoms with E-state index in [2.05, 4.69) is 6.92 Å². The summed E-state index contributed by atoms with van der Waals surface area (Å²) < 4.78 is 4.92. The van der Waals surface area contributed by atoms with Gasteiger partial charge in [0, 0.05) is 7.11 Å². The molecule has 0 aliphatic rings. The minimum absolute atomic E-state index is 0.923. The highest BCUT2D eigenvalue weighted by atomic mass is 28.3. The summed E-state index contributed by atoms with van der Waals surface area (Å²) in [6.45, 7) is 2.25. The molecule has 0 saturated heterocycles. The van der Waals surface area contributed by atoms with E-state index in [0.29, 0.717) is 0 Å². The first kappa shape index (κ1) is 15.1. The first-order valence-electron chi connectivity index (χ1n) is 6.52. The van der Waals surface area contributed by atoms with E-state index < -0.39 is 9.28 Å². The fourth-order valence-corrected chi connectivity index (χ4v) is 2.62. The molecule has 0 bridgehead atoms. The first-order valence-corrected chi connectivity index (χ1v) is 8.32. The monoisotopic (exact) mass is 232 g/mol. The van der Waals surface area contributed by atoms with Crippen molar-refractivity contribution in [3.63, 3.8) is 0 Å². The molecule has 15 heavy (non-hydrogen) atoms. The van der Waals surface area contributed by atoms with Crippen molar-refractivity contribution >= 4 is 9.28 Å². The lowest BCUT2D eigenvalue weighted by atomic mass is 10.1. The Morgan fingerprint density at radius 1 is 0.867 bits per heavy atom. The maximum atomic E-state index is 9.27. The van der Waals surface area contributed by atoms with E-state index in [9.17, 15) is 4.80 Å². The van der Waals surface area contributed by atoms with Crippen molar-refractivity contribution in [1.29, 1.82) is 0 Å². The van der Waals surface area contributed by atoms with Crippen LogP contribution in [-0.4, -0.2) is 21.2 Å². The van der Waals surface area contributed by atoms with Crippen LogP contribution >= 0.6 is 0 Å². The molecule has 0 aromatic rings. The van der Waals surface area contributed by atoms with Crippen molar-refractivity contribution in [3.8, 4) is 0 Å². The normalized spacial score (nSPS) is 13.0. The fraction of sp³-hybridized carbons (Fsp3) is 1.00. The minimum atomic E-state index is -1.76. The van der Waals surface area contributed by atoms with Crippen LogP contribution in [0.25, 0.3) is 0 Å². The zero-order valence-corrected chi connectivity index (χ0v) is 11.7. The zero-order chi connectivity index (χ0) is 11.4. The SMILES string of the molecule is CCCCCCCCCCC[SiH](O)OC. The molecule has 0 aliphatic heterocycles. The van der Waals surface area contributed by atoms with Crippen LogP contribution in [0, 0.1) is 0 Å². The second-order valence-corrected chi connectivity index (χ2v) is 6.27. The molecule has 0 heterocycles. The average Bonchev–Trinajstić information content (AvgIpc) is 2.26. The Kier molecular flexibility index (Phi) is 12.3. The molecule has 0 radical (unpaired) electrons. The summed E-state index contributed by atoms with van der Waals surface area (Å²) in [5, 5.41) is 0. The summed E-state index contributed by atoms with van der Waals surface area (Å²) in [5.74, 6) is 0. The largest absolute Gasteiger partial charge is 0.413 e. The molecule has 0 amide bonds. The smallest absolute Gasteiger partial charge is 0.318 e. The molecular weight excluding hydrogens is 204 g/mol. The van der Waals surface area contributed by atoms with Crippen LogP contribution in [0.3, 0.4) is 0 Å². The Balaban J connectivity index is 2.92. The summed E-state index contributed by atoms with van der Waals surface area (Å²) in [4.78, 5) is 9.27.